The van der Waals surface area contributed by atoms with Gasteiger partial charge in [-0.05, 0) is 0 Å². The number of carbonyl (C=O) groups excluding carboxylic acids is 3. The molecule has 2 atom stereocenters. The van der Waals surface area contributed by atoms with Crippen molar-refractivity contribution >= 4 is 34.8 Å². The first-order valence-electron chi connectivity index (χ1n) is 6.22. The summed E-state index contributed by atoms with van der Waals surface area (Å²) >= 11 is 1.17. The number of fused-ring (bicyclic) bond motifs is 1. The van der Waals surface area contributed by atoms with E-state index in [0.717, 1.165) is 0 Å². The number of likely N-dealkylation sites (N-methyl/N-ethyl adjacent to an activating group) is 1. The molecule has 21 heavy (non-hydrogen) atoms. The number of imide groups is 1. The van der Waals surface area contributed by atoms with Crippen molar-refractivity contribution in [3.8, 4) is 0 Å². The average molecular weight is 312 g/mol. The molecular weight excluding hydrogens is 296 g/mol. The highest BCUT2D eigenvalue weighted by Gasteiger charge is 2.48. The SMILES string of the molecule is C=CCN1C(SCC(=O)OC)=NC2C1C(=O)NC(=O)N2C. The molecule has 0 aromatic rings. The Morgan fingerprint density at radius 1 is 1.57 bits per heavy atom. The molecule has 0 aromatic heterocycles. The molecular formula is C12H16N4O4S. The summed E-state index contributed by atoms with van der Waals surface area (Å²) in [6, 6.07) is -1.09. The Bertz CT molecular complexity index is 521. The van der Waals surface area contributed by atoms with Crippen LogP contribution in [-0.4, -0.2) is 71.5 Å². The Labute approximate surface area is 126 Å². The van der Waals surface area contributed by atoms with Gasteiger partial charge >= 0.3 is 12.0 Å². The van der Waals surface area contributed by atoms with Crippen molar-refractivity contribution in [2.45, 2.75) is 12.2 Å². The molecule has 2 aliphatic heterocycles. The molecule has 114 valence electrons. The molecule has 2 heterocycles. The highest BCUT2D eigenvalue weighted by molar-refractivity contribution is 8.14. The predicted octanol–water partition coefficient (Wildman–Crippen LogP) is -0.373. The van der Waals surface area contributed by atoms with E-state index < -0.39 is 24.1 Å². The standard InChI is InChI=1S/C12H16N4O4S/c1-4-5-16-8-9(15(2)11(19)14-10(8)18)13-12(16)21-6-7(17)20-3/h4,8-9H,1,5-6H2,2-3H3,(H,14,18,19). The minimum atomic E-state index is -0.606. The van der Waals surface area contributed by atoms with Gasteiger partial charge in [0.1, 0.15) is 0 Å². The van der Waals surface area contributed by atoms with Crippen molar-refractivity contribution in [2.24, 2.45) is 4.99 Å². The lowest BCUT2D eigenvalue weighted by Gasteiger charge is -2.35. The maximum absolute atomic E-state index is 12.0. The van der Waals surface area contributed by atoms with Gasteiger partial charge in [-0.2, -0.15) is 0 Å². The van der Waals surface area contributed by atoms with Gasteiger partial charge in [-0.15, -0.1) is 6.58 Å². The summed E-state index contributed by atoms with van der Waals surface area (Å²) in [4.78, 5) is 42.4. The van der Waals surface area contributed by atoms with Crippen LogP contribution in [-0.2, 0) is 14.3 Å². The molecule has 0 aromatic carbocycles. The van der Waals surface area contributed by atoms with E-state index in [4.69, 9.17) is 0 Å². The van der Waals surface area contributed by atoms with Gasteiger partial charge in [-0.25, -0.2) is 9.79 Å². The zero-order valence-corrected chi connectivity index (χ0v) is 12.6. The lowest BCUT2D eigenvalue weighted by atomic mass is 10.1. The molecule has 0 spiro atoms. The summed E-state index contributed by atoms with van der Waals surface area (Å²) in [6.45, 7) is 4.05. The molecule has 0 radical (unpaired) electrons. The Morgan fingerprint density at radius 3 is 2.90 bits per heavy atom. The first kappa shape index (κ1) is 15.4. The monoisotopic (exact) mass is 312 g/mol. The molecule has 3 amide bonds. The van der Waals surface area contributed by atoms with Gasteiger partial charge in [0.2, 0.25) is 0 Å². The first-order chi connectivity index (χ1) is 9.99. The van der Waals surface area contributed by atoms with E-state index in [-0.39, 0.29) is 11.7 Å². The van der Waals surface area contributed by atoms with Crippen molar-refractivity contribution in [3.63, 3.8) is 0 Å². The first-order valence-corrected chi connectivity index (χ1v) is 7.20. The van der Waals surface area contributed by atoms with Crippen molar-refractivity contribution in [3.05, 3.63) is 12.7 Å². The molecule has 2 unspecified atom stereocenters. The van der Waals surface area contributed by atoms with Crippen molar-refractivity contribution < 1.29 is 19.1 Å². The molecule has 1 N–H and O–H groups in total. The third-order valence-electron chi connectivity index (χ3n) is 3.20. The molecule has 2 rings (SSSR count). The molecule has 2 aliphatic rings. The van der Waals surface area contributed by atoms with E-state index in [1.165, 1.54) is 23.8 Å². The number of amides is 3. The topological polar surface area (TPSA) is 91.3 Å². The van der Waals surface area contributed by atoms with Gasteiger partial charge in [-0.3, -0.25) is 14.9 Å². The summed E-state index contributed by atoms with van der Waals surface area (Å²) in [5, 5.41) is 2.80. The number of amidine groups is 1. The number of aliphatic imine (C=N–C) groups is 1. The zero-order valence-electron chi connectivity index (χ0n) is 11.7. The molecule has 0 aliphatic carbocycles. The Balaban J connectivity index is 2.21. The van der Waals surface area contributed by atoms with Gasteiger partial charge in [0.25, 0.3) is 5.91 Å². The maximum atomic E-state index is 12.0. The summed E-state index contributed by atoms with van der Waals surface area (Å²) in [5.74, 6) is -0.700. The number of thioether (sulfide) groups is 1. The van der Waals surface area contributed by atoms with E-state index in [1.807, 2.05) is 0 Å². The summed E-state index contributed by atoms with van der Waals surface area (Å²) in [6.07, 6.45) is 1.05. The van der Waals surface area contributed by atoms with E-state index in [0.29, 0.717) is 11.7 Å². The Hall–Kier alpha value is -2.03. The highest BCUT2D eigenvalue weighted by Crippen LogP contribution is 2.28. The number of hydrogen-bond donors (Lipinski definition) is 1. The number of carbonyl (C=O) groups is 3. The highest BCUT2D eigenvalue weighted by atomic mass is 32.2. The van der Waals surface area contributed by atoms with Gasteiger partial charge in [-0.1, -0.05) is 17.8 Å². The van der Waals surface area contributed by atoms with Crippen molar-refractivity contribution in [1.82, 2.24) is 15.1 Å². The lowest BCUT2D eigenvalue weighted by molar-refractivity contribution is -0.137. The number of rotatable bonds is 4. The number of esters is 1. The van der Waals surface area contributed by atoms with Crippen molar-refractivity contribution in [2.75, 3.05) is 26.5 Å². The van der Waals surface area contributed by atoms with Crippen LogP contribution in [0.3, 0.4) is 0 Å². The van der Waals surface area contributed by atoms with E-state index >= 15 is 0 Å². The van der Waals surface area contributed by atoms with Crippen LogP contribution in [0.4, 0.5) is 4.79 Å². The number of urea groups is 1. The largest absolute Gasteiger partial charge is 0.468 e. The Kier molecular flexibility index (Phi) is 4.51. The summed E-state index contributed by atoms with van der Waals surface area (Å²) in [7, 11) is 2.88. The third kappa shape index (κ3) is 2.87. The van der Waals surface area contributed by atoms with Gasteiger partial charge in [0, 0.05) is 13.6 Å². The number of hydrogen-bond acceptors (Lipinski definition) is 7. The second kappa shape index (κ2) is 6.17. The average Bonchev–Trinajstić information content (AvgIpc) is 2.82. The number of nitrogens with one attached hydrogen (secondary N) is 1. The zero-order chi connectivity index (χ0) is 15.6. The van der Waals surface area contributed by atoms with E-state index in [2.05, 4.69) is 21.6 Å². The van der Waals surface area contributed by atoms with Gasteiger partial charge in [0.15, 0.2) is 17.4 Å². The third-order valence-corrected chi connectivity index (χ3v) is 4.17. The second-order valence-electron chi connectivity index (χ2n) is 4.48. The van der Waals surface area contributed by atoms with Crippen LogP contribution in [0.25, 0.3) is 0 Å². The lowest BCUT2D eigenvalue weighted by Crippen LogP contribution is -2.63. The number of ether oxygens (including phenoxy) is 1. The van der Waals surface area contributed by atoms with Gasteiger partial charge < -0.3 is 14.5 Å². The summed E-state index contributed by atoms with van der Waals surface area (Å²) < 4.78 is 4.59. The number of nitrogens with zero attached hydrogens (tertiary/aromatic N) is 3. The fraction of sp³-hybridized carbons (Fsp3) is 0.500. The minimum Gasteiger partial charge on any atom is -0.468 e. The van der Waals surface area contributed by atoms with Crippen LogP contribution in [0.15, 0.2) is 17.6 Å². The summed E-state index contributed by atoms with van der Waals surface area (Å²) in [5.41, 5.74) is 0. The van der Waals surface area contributed by atoms with Crippen molar-refractivity contribution in [1.29, 1.82) is 0 Å². The van der Waals surface area contributed by atoms with E-state index in [9.17, 15) is 14.4 Å². The van der Waals surface area contributed by atoms with Crippen LogP contribution in [0.5, 0.6) is 0 Å². The minimum absolute atomic E-state index is 0.0850. The van der Waals surface area contributed by atoms with Crippen LogP contribution in [0.2, 0.25) is 0 Å². The van der Waals surface area contributed by atoms with Gasteiger partial charge in [0.05, 0.1) is 12.9 Å². The van der Waals surface area contributed by atoms with Crippen LogP contribution in [0.1, 0.15) is 0 Å². The van der Waals surface area contributed by atoms with Crippen LogP contribution >= 0.6 is 11.8 Å². The Morgan fingerprint density at radius 2 is 2.29 bits per heavy atom. The maximum Gasteiger partial charge on any atom is 0.325 e. The molecule has 0 saturated carbocycles. The van der Waals surface area contributed by atoms with Crippen LogP contribution < -0.4 is 5.32 Å². The molecule has 1 fully saturated rings. The molecule has 0 bridgehead atoms. The molecule has 1 saturated heterocycles. The normalized spacial score (nSPS) is 24.4. The fourth-order valence-electron chi connectivity index (χ4n) is 2.13. The predicted molar refractivity (Wildman–Crippen MR) is 77.7 cm³/mol. The second-order valence-corrected chi connectivity index (χ2v) is 5.42. The van der Waals surface area contributed by atoms with Crippen LogP contribution in [0, 0.1) is 0 Å². The smallest absolute Gasteiger partial charge is 0.325 e. The quantitative estimate of drug-likeness (QED) is 0.562. The molecule has 9 heteroatoms. The molecule has 8 nitrogen and oxygen atoms in total. The fourth-order valence-corrected chi connectivity index (χ4v) is 3.04. The number of methoxy groups -OCH3 is 1. The van der Waals surface area contributed by atoms with E-state index in [1.54, 1.807) is 18.0 Å².